The van der Waals surface area contributed by atoms with E-state index in [0.717, 1.165) is 44.7 Å². The number of hydrogen-bond donors (Lipinski definition) is 1. The van der Waals surface area contributed by atoms with Crippen molar-refractivity contribution in [2.24, 2.45) is 5.92 Å². The molecule has 0 fully saturated rings. The molecule has 0 radical (unpaired) electrons. The zero-order valence-corrected chi connectivity index (χ0v) is 14.4. The molecule has 1 aliphatic rings. The predicted octanol–water partition coefficient (Wildman–Crippen LogP) is 2.83. The van der Waals surface area contributed by atoms with Gasteiger partial charge in [0.05, 0.1) is 10.6 Å². The highest BCUT2D eigenvalue weighted by Gasteiger charge is 2.28. The van der Waals surface area contributed by atoms with Gasteiger partial charge in [-0.1, -0.05) is 13.8 Å². The number of thiophene rings is 1. The molecule has 1 amide bonds. The lowest BCUT2D eigenvalue weighted by Gasteiger charge is -2.29. The molecule has 0 saturated heterocycles. The molecule has 0 spiro atoms. The molecule has 5 heteroatoms. The van der Waals surface area contributed by atoms with Crippen LogP contribution in [0.15, 0.2) is 0 Å². The van der Waals surface area contributed by atoms with Gasteiger partial charge in [0.1, 0.15) is 0 Å². The normalized spacial score (nSPS) is 15.3. The molecule has 0 bridgehead atoms. The minimum atomic E-state index is 0.104. The molecule has 118 valence electrons. The van der Waals surface area contributed by atoms with Gasteiger partial charge in [-0.3, -0.25) is 9.69 Å². The fourth-order valence-corrected chi connectivity index (χ4v) is 4.21. The molecule has 0 saturated carbocycles. The molecule has 4 nitrogen and oxygen atoms in total. The van der Waals surface area contributed by atoms with Gasteiger partial charge >= 0.3 is 0 Å². The third kappa shape index (κ3) is 3.40. The molecule has 2 heterocycles. The van der Waals surface area contributed by atoms with Crippen LogP contribution in [0.1, 0.15) is 48.5 Å². The predicted molar refractivity (Wildman–Crippen MR) is 89.8 cm³/mol. The average Bonchev–Trinajstić information content (AvgIpc) is 2.74. The van der Waals surface area contributed by atoms with Crippen molar-refractivity contribution in [1.82, 2.24) is 9.80 Å². The molecular formula is C16H27N3OS. The van der Waals surface area contributed by atoms with Crippen molar-refractivity contribution in [2.45, 2.75) is 40.7 Å². The Morgan fingerprint density at radius 3 is 2.62 bits per heavy atom. The first kappa shape index (κ1) is 16.3. The summed E-state index contributed by atoms with van der Waals surface area (Å²) in [5.41, 5.74) is 8.15. The lowest BCUT2D eigenvalue weighted by molar-refractivity contribution is 0.0772. The molecular weight excluding hydrogens is 282 g/mol. The van der Waals surface area contributed by atoms with Crippen LogP contribution in [0, 0.1) is 5.92 Å². The van der Waals surface area contributed by atoms with Gasteiger partial charge in [-0.2, -0.15) is 0 Å². The summed E-state index contributed by atoms with van der Waals surface area (Å²) < 4.78 is 0. The van der Waals surface area contributed by atoms with Crippen molar-refractivity contribution in [1.29, 1.82) is 0 Å². The highest BCUT2D eigenvalue weighted by molar-refractivity contribution is 7.16. The Hall–Kier alpha value is -1.07. The van der Waals surface area contributed by atoms with Crippen LogP contribution in [0.5, 0.6) is 0 Å². The Balaban J connectivity index is 2.24. The van der Waals surface area contributed by atoms with Crippen LogP contribution in [0.4, 0.5) is 5.00 Å². The number of nitrogens with zero attached hydrogens (tertiary/aromatic N) is 2. The van der Waals surface area contributed by atoms with Crippen molar-refractivity contribution in [3.63, 3.8) is 0 Å². The number of rotatable bonds is 5. The first-order valence-corrected chi connectivity index (χ1v) is 8.71. The first-order chi connectivity index (χ1) is 9.97. The molecule has 1 aromatic heterocycles. The molecule has 1 aromatic rings. The quantitative estimate of drug-likeness (QED) is 0.910. The lowest BCUT2D eigenvalue weighted by atomic mass is 10.0. The van der Waals surface area contributed by atoms with E-state index in [-0.39, 0.29) is 5.91 Å². The Morgan fingerprint density at radius 2 is 2.05 bits per heavy atom. The number of carbonyl (C=O) groups excluding carboxylic acids is 1. The highest BCUT2D eigenvalue weighted by atomic mass is 32.1. The van der Waals surface area contributed by atoms with Gasteiger partial charge in [0, 0.05) is 37.6 Å². The number of fused-ring (bicyclic) bond motifs is 1. The van der Waals surface area contributed by atoms with Crippen LogP contribution in [-0.4, -0.2) is 41.9 Å². The van der Waals surface area contributed by atoms with E-state index in [1.165, 1.54) is 10.4 Å². The summed E-state index contributed by atoms with van der Waals surface area (Å²) in [6.07, 6.45) is 0.943. The number of carbonyl (C=O) groups is 1. The third-order valence-electron chi connectivity index (χ3n) is 4.05. The van der Waals surface area contributed by atoms with Crippen LogP contribution < -0.4 is 5.73 Å². The molecule has 0 unspecified atom stereocenters. The Labute approximate surface area is 131 Å². The van der Waals surface area contributed by atoms with E-state index in [1.54, 1.807) is 11.3 Å². The van der Waals surface area contributed by atoms with Crippen LogP contribution >= 0.6 is 11.3 Å². The summed E-state index contributed by atoms with van der Waals surface area (Å²) in [5, 5.41) is 0.697. The minimum absolute atomic E-state index is 0.104. The van der Waals surface area contributed by atoms with Crippen LogP contribution in [0.25, 0.3) is 0 Å². The van der Waals surface area contributed by atoms with Crippen molar-refractivity contribution in [2.75, 3.05) is 31.9 Å². The highest BCUT2D eigenvalue weighted by Crippen LogP contribution is 2.36. The van der Waals surface area contributed by atoms with E-state index in [1.807, 2.05) is 18.7 Å². The van der Waals surface area contributed by atoms with Crippen LogP contribution in [0.2, 0.25) is 0 Å². The summed E-state index contributed by atoms with van der Waals surface area (Å²) in [5.74, 6) is 0.771. The maximum Gasteiger partial charge on any atom is 0.257 e. The molecule has 0 aromatic carbocycles. The van der Waals surface area contributed by atoms with Gasteiger partial charge in [0.15, 0.2) is 0 Å². The standard InChI is InChI=1S/C16H27N3OS/c1-5-19(6-2)16(20)14-12-7-8-18(9-11(3)4)10-13(12)21-15(14)17/h11H,5-10,17H2,1-4H3. The molecule has 0 aliphatic carbocycles. The summed E-state index contributed by atoms with van der Waals surface area (Å²) in [7, 11) is 0. The largest absolute Gasteiger partial charge is 0.390 e. The molecule has 0 atom stereocenters. The number of nitrogens with two attached hydrogens (primary N) is 1. The van der Waals surface area contributed by atoms with Gasteiger partial charge in [0.2, 0.25) is 0 Å². The van der Waals surface area contributed by atoms with Crippen molar-refractivity contribution >= 4 is 22.2 Å². The van der Waals surface area contributed by atoms with Gasteiger partial charge in [0.25, 0.3) is 5.91 Å². The van der Waals surface area contributed by atoms with Crippen LogP contribution in [-0.2, 0) is 13.0 Å². The summed E-state index contributed by atoms with van der Waals surface area (Å²) in [4.78, 5) is 18.3. The summed E-state index contributed by atoms with van der Waals surface area (Å²) >= 11 is 1.60. The first-order valence-electron chi connectivity index (χ1n) is 7.89. The fraction of sp³-hybridized carbons (Fsp3) is 0.688. The van der Waals surface area contributed by atoms with E-state index in [0.29, 0.717) is 10.9 Å². The van der Waals surface area contributed by atoms with Crippen molar-refractivity contribution < 1.29 is 4.79 Å². The molecule has 2 rings (SSSR count). The van der Waals surface area contributed by atoms with Crippen molar-refractivity contribution in [3.8, 4) is 0 Å². The van der Waals surface area contributed by atoms with E-state index >= 15 is 0 Å². The van der Waals surface area contributed by atoms with E-state index in [9.17, 15) is 4.79 Å². The number of nitrogen functional groups attached to an aromatic ring is 1. The zero-order chi connectivity index (χ0) is 15.6. The van der Waals surface area contributed by atoms with E-state index in [2.05, 4.69) is 18.7 Å². The SMILES string of the molecule is CCN(CC)C(=O)c1c(N)sc2c1CCN(CC(C)C)C2. The molecule has 21 heavy (non-hydrogen) atoms. The second-order valence-electron chi connectivity index (χ2n) is 6.10. The summed E-state index contributed by atoms with van der Waals surface area (Å²) in [6, 6.07) is 0. The van der Waals surface area contributed by atoms with Gasteiger partial charge in [-0.05, 0) is 31.7 Å². The molecule has 2 N–H and O–H groups in total. The second kappa shape index (κ2) is 6.79. The topological polar surface area (TPSA) is 49.6 Å². The van der Waals surface area contributed by atoms with Gasteiger partial charge in [-0.15, -0.1) is 11.3 Å². The Bertz CT molecular complexity index is 506. The smallest absolute Gasteiger partial charge is 0.257 e. The number of anilines is 1. The zero-order valence-electron chi connectivity index (χ0n) is 13.6. The fourth-order valence-electron chi connectivity index (χ4n) is 3.05. The number of amides is 1. The van der Waals surface area contributed by atoms with Gasteiger partial charge in [-0.25, -0.2) is 0 Å². The van der Waals surface area contributed by atoms with Crippen LogP contribution in [0.3, 0.4) is 0 Å². The van der Waals surface area contributed by atoms with Crippen molar-refractivity contribution in [3.05, 3.63) is 16.0 Å². The van der Waals surface area contributed by atoms with Gasteiger partial charge < -0.3 is 10.6 Å². The maximum atomic E-state index is 12.7. The third-order valence-corrected chi connectivity index (χ3v) is 5.10. The number of hydrogen-bond acceptors (Lipinski definition) is 4. The monoisotopic (exact) mass is 309 g/mol. The maximum absolute atomic E-state index is 12.7. The lowest BCUT2D eigenvalue weighted by Crippen LogP contribution is -2.35. The van der Waals surface area contributed by atoms with E-state index < -0.39 is 0 Å². The van der Waals surface area contributed by atoms with E-state index in [4.69, 9.17) is 5.73 Å². The Morgan fingerprint density at radius 1 is 1.38 bits per heavy atom. The average molecular weight is 309 g/mol. The summed E-state index contributed by atoms with van der Waals surface area (Å²) in [6.45, 7) is 13.1. The molecule has 1 aliphatic heterocycles. The second-order valence-corrected chi connectivity index (χ2v) is 7.24. The Kier molecular flexibility index (Phi) is 5.27. The minimum Gasteiger partial charge on any atom is -0.390 e.